The highest BCUT2D eigenvalue weighted by Gasteiger charge is 2.17. The van der Waals surface area contributed by atoms with E-state index in [1.54, 1.807) is 30.3 Å². The van der Waals surface area contributed by atoms with Crippen LogP contribution in [0.5, 0.6) is 11.5 Å². The molecule has 0 heterocycles. The molecule has 2 N–H and O–H groups in total. The first-order valence-electron chi connectivity index (χ1n) is 15.0. The average molecular weight is 645 g/mol. The molecule has 0 aliphatic heterocycles. The van der Waals surface area contributed by atoms with Crippen molar-refractivity contribution in [2.75, 3.05) is 19.0 Å². The van der Waals surface area contributed by atoms with Crippen LogP contribution in [0.25, 0.3) is 11.1 Å². The van der Waals surface area contributed by atoms with Gasteiger partial charge in [-0.1, -0.05) is 55.6 Å². The SMILES string of the molecule is CCCS(=O)(=O)c1cc(OCCCCCCc2cccc(OCCCC(=O)O)c2CCC(=O)O)cc(-c2ccc(Cl)cc2)c1. The van der Waals surface area contributed by atoms with Crippen molar-refractivity contribution in [3.63, 3.8) is 0 Å². The lowest BCUT2D eigenvalue weighted by molar-refractivity contribution is -0.138. The molecule has 3 rings (SSSR count). The van der Waals surface area contributed by atoms with Crippen LogP contribution in [0.15, 0.2) is 65.6 Å². The molecule has 10 heteroatoms. The topological polar surface area (TPSA) is 127 Å². The molecule has 8 nitrogen and oxygen atoms in total. The van der Waals surface area contributed by atoms with Gasteiger partial charge in [0, 0.05) is 17.9 Å². The van der Waals surface area contributed by atoms with Gasteiger partial charge in [-0.2, -0.15) is 0 Å². The number of rotatable bonds is 20. The van der Waals surface area contributed by atoms with E-state index in [0.717, 1.165) is 54.4 Å². The maximum atomic E-state index is 12.9. The van der Waals surface area contributed by atoms with E-state index in [9.17, 15) is 23.1 Å². The number of benzene rings is 3. The third kappa shape index (κ3) is 11.5. The summed E-state index contributed by atoms with van der Waals surface area (Å²) in [5.74, 6) is -0.576. The summed E-state index contributed by atoms with van der Waals surface area (Å²) < 4.78 is 37.6. The first kappa shape index (κ1) is 34.9. The Morgan fingerprint density at radius 1 is 0.773 bits per heavy atom. The van der Waals surface area contributed by atoms with Crippen molar-refractivity contribution in [2.24, 2.45) is 0 Å². The van der Waals surface area contributed by atoms with E-state index in [4.69, 9.17) is 26.2 Å². The molecule has 44 heavy (non-hydrogen) atoms. The highest BCUT2D eigenvalue weighted by Crippen LogP contribution is 2.30. The number of carbonyl (C=O) groups is 2. The molecular weight excluding hydrogens is 604 g/mol. The van der Waals surface area contributed by atoms with Gasteiger partial charge in [-0.3, -0.25) is 9.59 Å². The van der Waals surface area contributed by atoms with Crippen molar-refractivity contribution in [1.29, 1.82) is 0 Å². The van der Waals surface area contributed by atoms with E-state index in [1.165, 1.54) is 0 Å². The van der Waals surface area contributed by atoms with Crippen molar-refractivity contribution in [3.8, 4) is 22.6 Å². The molecule has 0 aliphatic rings. The lowest BCUT2D eigenvalue weighted by Gasteiger charge is -2.15. The average Bonchev–Trinajstić information content (AvgIpc) is 2.98. The van der Waals surface area contributed by atoms with Gasteiger partial charge in [-0.15, -0.1) is 0 Å². The zero-order chi connectivity index (χ0) is 32.0. The number of carboxylic acids is 2. The number of ether oxygens (including phenoxy) is 2. The molecule has 3 aromatic carbocycles. The van der Waals surface area contributed by atoms with Crippen LogP contribution in [-0.2, 0) is 32.3 Å². The number of carboxylic acid groups (broad SMARTS) is 2. The summed E-state index contributed by atoms with van der Waals surface area (Å²) in [6.45, 7) is 2.54. The number of aryl methyl sites for hydroxylation is 1. The first-order chi connectivity index (χ1) is 21.1. The van der Waals surface area contributed by atoms with Crippen LogP contribution in [0.4, 0.5) is 0 Å². The van der Waals surface area contributed by atoms with E-state index in [0.29, 0.717) is 42.4 Å². The lowest BCUT2D eigenvalue weighted by atomic mass is 9.97. The van der Waals surface area contributed by atoms with E-state index < -0.39 is 21.8 Å². The number of hydrogen-bond donors (Lipinski definition) is 2. The fourth-order valence-corrected chi connectivity index (χ4v) is 6.39. The summed E-state index contributed by atoms with van der Waals surface area (Å²) >= 11 is 6.04. The van der Waals surface area contributed by atoms with Gasteiger partial charge in [0.25, 0.3) is 0 Å². The van der Waals surface area contributed by atoms with Crippen LogP contribution >= 0.6 is 11.6 Å². The molecule has 0 spiro atoms. The monoisotopic (exact) mass is 644 g/mol. The summed E-state index contributed by atoms with van der Waals surface area (Å²) in [7, 11) is -3.44. The molecule has 0 bridgehead atoms. The number of aliphatic carboxylic acids is 2. The minimum Gasteiger partial charge on any atom is -0.494 e. The van der Waals surface area contributed by atoms with E-state index in [-0.39, 0.29) is 30.1 Å². The predicted octanol–water partition coefficient (Wildman–Crippen LogP) is 7.63. The Morgan fingerprint density at radius 3 is 2.18 bits per heavy atom. The molecule has 0 saturated heterocycles. The Bertz CT molecular complexity index is 1490. The van der Waals surface area contributed by atoms with Gasteiger partial charge in [-0.25, -0.2) is 8.42 Å². The minimum absolute atomic E-state index is 0.0134. The third-order valence-electron chi connectivity index (χ3n) is 7.11. The summed E-state index contributed by atoms with van der Waals surface area (Å²) in [6.07, 6.45) is 5.55. The van der Waals surface area contributed by atoms with E-state index in [2.05, 4.69) is 0 Å². The van der Waals surface area contributed by atoms with Crippen molar-refractivity contribution < 1.29 is 37.7 Å². The normalized spacial score (nSPS) is 11.3. The number of halogens is 1. The van der Waals surface area contributed by atoms with Crippen LogP contribution in [0, 0.1) is 0 Å². The van der Waals surface area contributed by atoms with Gasteiger partial charge in [0.05, 0.1) is 23.9 Å². The van der Waals surface area contributed by atoms with E-state index >= 15 is 0 Å². The Balaban J connectivity index is 1.56. The second kappa shape index (κ2) is 17.7. The molecule has 238 valence electrons. The largest absolute Gasteiger partial charge is 0.494 e. The fourth-order valence-electron chi connectivity index (χ4n) is 4.89. The Labute approximate surface area is 264 Å². The second-order valence-corrected chi connectivity index (χ2v) is 13.2. The lowest BCUT2D eigenvalue weighted by Crippen LogP contribution is -2.07. The molecule has 0 amide bonds. The number of sulfone groups is 1. The quantitative estimate of drug-likeness (QED) is 0.120. The number of unbranched alkanes of at least 4 members (excludes halogenated alkanes) is 3. The third-order valence-corrected chi connectivity index (χ3v) is 9.26. The van der Waals surface area contributed by atoms with Gasteiger partial charge in [0.1, 0.15) is 11.5 Å². The van der Waals surface area contributed by atoms with Crippen LogP contribution < -0.4 is 9.47 Å². The molecule has 0 atom stereocenters. The Morgan fingerprint density at radius 2 is 1.48 bits per heavy atom. The van der Waals surface area contributed by atoms with Crippen molar-refractivity contribution in [3.05, 3.63) is 76.8 Å². The molecule has 0 saturated carbocycles. The summed E-state index contributed by atoms with van der Waals surface area (Å²) in [6, 6.07) is 18.1. The molecule has 0 unspecified atom stereocenters. The maximum Gasteiger partial charge on any atom is 0.303 e. The van der Waals surface area contributed by atoms with Crippen molar-refractivity contribution >= 4 is 33.4 Å². The molecule has 0 aromatic heterocycles. The van der Waals surface area contributed by atoms with Crippen LogP contribution in [0.1, 0.15) is 69.4 Å². The highest BCUT2D eigenvalue weighted by atomic mass is 35.5. The van der Waals surface area contributed by atoms with Gasteiger partial charge >= 0.3 is 11.9 Å². The molecule has 0 aliphatic carbocycles. The van der Waals surface area contributed by atoms with Crippen molar-refractivity contribution in [1.82, 2.24) is 0 Å². The zero-order valence-corrected chi connectivity index (χ0v) is 26.7. The van der Waals surface area contributed by atoms with Gasteiger partial charge in [-0.05, 0) is 97.2 Å². The first-order valence-corrected chi connectivity index (χ1v) is 17.1. The molecule has 0 radical (unpaired) electrons. The molecule has 0 fully saturated rings. The van der Waals surface area contributed by atoms with Gasteiger partial charge in [0.2, 0.25) is 0 Å². The van der Waals surface area contributed by atoms with Crippen LogP contribution in [0.3, 0.4) is 0 Å². The van der Waals surface area contributed by atoms with Crippen LogP contribution in [0.2, 0.25) is 5.02 Å². The standard InChI is InChI=1S/C34H41ClO8S/c1-2-21-44(40,41)30-23-27(25-13-15-28(35)16-14-25)22-29(24-30)42-19-6-4-3-5-9-26-10-7-11-32(31(26)17-18-34(38)39)43-20-8-12-33(36)37/h7,10-11,13-16,22-24H,2-6,8-9,12,17-21H2,1H3,(H,36,37)(H,38,39). The molecular formula is C34H41ClO8S. The zero-order valence-electron chi connectivity index (χ0n) is 25.1. The van der Waals surface area contributed by atoms with Crippen LogP contribution in [-0.4, -0.2) is 49.5 Å². The summed E-state index contributed by atoms with van der Waals surface area (Å²) in [4.78, 5) is 22.3. The smallest absolute Gasteiger partial charge is 0.303 e. The van der Waals surface area contributed by atoms with Gasteiger partial charge in [0.15, 0.2) is 9.84 Å². The second-order valence-electron chi connectivity index (χ2n) is 10.7. The summed E-state index contributed by atoms with van der Waals surface area (Å²) in [5.41, 5.74) is 3.51. The molecule has 3 aromatic rings. The van der Waals surface area contributed by atoms with Crippen molar-refractivity contribution in [2.45, 2.75) is 76.0 Å². The fraction of sp³-hybridized carbons (Fsp3) is 0.412. The Kier molecular flexibility index (Phi) is 14.0. The summed E-state index contributed by atoms with van der Waals surface area (Å²) in [5, 5.41) is 18.7. The minimum atomic E-state index is -3.44. The van der Waals surface area contributed by atoms with Gasteiger partial charge < -0.3 is 19.7 Å². The number of hydrogen-bond acceptors (Lipinski definition) is 6. The predicted molar refractivity (Wildman–Crippen MR) is 172 cm³/mol. The maximum absolute atomic E-state index is 12.9. The van der Waals surface area contributed by atoms with E-state index in [1.807, 2.05) is 37.3 Å². The Hall–Kier alpha value is -3.56. The highest BCUT2D eigenvalue weighted by molar-refractivity contribution is 7.91.